The number of nitrogens with zero attached hydrogens (tertiary/aromatic N) is 3. The van der Waals surface area contributed by atoms with Crippen LogP contribution in [0.3, 0.4) is 0 Å². The molecule has 0 bridgehead atoms. The maximum absolute atomic E-state index is 13.8. The lowest BCUT2D eigenvalue weighted by Gasteiger charge is -2.14. The van der Waals surface area contributed by atoms with Gasteiger partial charge >= 0.3 is 6.18 Å². The van der Waals surface area contributed by atoms with E-state index < -0.39 is 41.4 Å². The summed E-state index contributed by atoms with van der Waals surface area (Å²) < 4.78 is 69.9. The lowest BCUT2D eigenvalue weighted by Crippen LogP contribution is -2.30. The van der Waals surface area contributed by atoms with Crippen molar-refractivity contribution < 1.29 is 26.7 Å². The van der Waals surface area contributed by atoms with E-state index in [1.807, 2.05) is 0 Å². The normalized spacial score (nSPS) is 11.7. The molecule has 0 spiro atoms. The lowest BCUT2D eigenvalue weighted by atomic mass is 10.0. The summed E-state index contributed by atoms with van der Waals surface area (Å²) in [5.41, 5.74) is -2.15. The number of rotatable bonds is 4. The number of carbonyl (C=O) groups excluding carboxylic acids is 1. The summed E-state index contributed by atoms with van der Waals surface area (Å²) in [4.78, 5) is 25.1. The number of alkyl halides is 3. The van der Waals surface area contributed by atoms with Gasteiger partial charge in [0.2, 0.25) is 5.91 Å². The van der Waals surface area contributed by atoms with Crippen LogP contribution < -0.4 is 10.9 Å². The third-order valence-corrected chi connectivity index (χ3v) is 4.93. The van der Waals surface area contributed by atoms with E-state index in [1.54, 1.807) is 30.3 Å². The molecule has 2 aromatic carbocycles. The molecular weight excluding hydrogens is 447 g/mol. The first-order chi connectivity index (χ1) is 15.6. The van der Waals surface area contributed by atoms with Gasteiger partial charge in [-0.3, -0.25) is 18.8 Å². The molecule has 0 saturated carbocycles. The number of fused-ring (bicyclic) bond motifs is 1. The van der Waals surface area contributed by atoms with Crippen molar-refractivity contribution in [2.45, 2.75) is 12.7 Å². The molecule has 0 unspecified atom stereocenters. The summed E-state index contributed by atoms with van der Waals surface area (Å²) in [6, 6.07) is 11.2. The van der Waals surface area contributed by atoms with E-state index in [2.05, 4.69) is 10.4 Å². The van der Waals surface area contributed by atoms with Crippen LogP contribution in [0.15, 0.2) is 59.4 Å². The molecule has 0 aliphatic rings. The van der Waals surface area contributed by atoms with Crippen molar-refractivity contribution in [1.29, 1.82) is 0 Å². The fraction of sp³-hybridized carbons (Fsp3) is 0.136. The van der Waals surface area contributed by atoms with E-state index in [0.29, 0.717) is 11.6 Å². The fourth-order valence-corrected chi connectivity index (χ4v) is 3.54. The summed E-state index contributed by atoms with van der Waals surface area (Å²) >= 11 is 0. The van der Waals surface area contributed by atoms with Crippen LogP contribution in [0.5, 0.6) is 0 Å². The standard InChI is InChI=1S/C22H15F5N4O2/c1-30-21-19(20(29-30)12-5-3-2-4-6-12)14(22(25,26)27)10-18(33)31(21)11-17(32)28-13-7-8-15(23)16(24)9-13/h2-10H,11H2,1H3,(H,28,32). The zero-order chi connectivity index (χ0) is 23.9. The zero-order valence-corrected chi connectivity index (χ0v) is 17.0. The Morgan fingerprint density at radius 3 is 2.36 bits per heavy atom. The molecule has 0 aliphatic heterocycles. The van der Waals surface area contributed by atoms with Crippen LogP contribution in [-0.4, -0.2) is 20.3 Å². The molecule has 2 heterocycles. The van der Waals surface area contributed by atoms with Gasteiger partial charge in [-0.05, 0) is 12.1 Å². The molecule has 0 saturated heterocycles. The first-order valence-corrected chi connectivity index (χ1v) is 9.54. The van der Waals surface area contributed by atoms with Gasteiger partial charge in [0.15, 0.2) is 11.6 Å². The van der Waals surface area contributed by atoms with Gasteiger partial charge in [-0.2, -0.15) is 18.3 Å². The largest absolute Gasteiger partial charge is 0.417 e. The quantitative estimate of drug-likeness (QED) is 0.459. The van der Waals surface area contributed by atoms with Crippen molar-refractivity contribution in [3.63, 3.8) is 0 Å². The minimum absolute atomic E-state index is 0.00445. The number of carbonyl (C=O) groups is 1. The molecule has 11 heteroatoms. The predicted octanol–water partition coefficient (Wildman–Crippen LogP) is 4.34. The van der Waals surface area contributed by atoms with Crippen LogP contribution in [0.2, 0.25) is 0 Å². The predicted molar refractivity (Wildman–Crippen MR) is 110 cm³/mol. The summed E-state index contributed by atoms with van der Waals surface area (Å²) in [5, 5.41) is 6.14. The Morgan fingerprint density at radius 1 is 1.03 bits per heavy atom. The molecule has 0 fully saturated rings. The first-order valence-electron chi connectivity index (χ1n) is 9.54. The highest BCUT2D eigenvalue weighted by Crippen LogP contribution is 2.38. The second-order valence-corrected chi connectivity index (χ2v) is 7.19. The molecule has 4 rings (SSSR count). The Hall–Kier alpha value is -4.02. The number of benzene rings is 2. The third-order valence-electron chi connectivity index (χ3n) is 4.93. The van der Waals surface area contributed by atoms with Gasteiger partial charge in [-0.15, -0.1) is 0 Å². The molecule has 170 valence electrons. The van der Waals surface area contributed by atoms with Crippen LogP contribution in [0, 0.1) is 11.6 Å². The van der Waals surface area contributed by atoms with Crippen molar-refractivity contribution in [3.8, 4) is 11.3 Å². The van der Waals surface area contributed by atoms with Gasteiger partial charge in [0.25, 0.3) is 5.56 Å². The topological polar surface area (TPSA) is 68.9 Å². The van der Waals surface area contributed by atoms with Crippen LogP contribution in [0.1, 0.15) is 5.56 Å². The number of halogens is 5. The molecule has 6 nitrogen and oxygen atoms in total. The Balaban J connectivity index is 1.85. The van der Waals surface area contributed by atoms with E-state index in [4.69, 9.17) is 0 Å². The molecule has 4 aromatic rings. The number of aryl methyl sites for hydroxylation is 1. The van der Waals surface area contributed by atoms with Gasteiger partial charge in [0.05, 0.1) is 10.9 Å². The van der Waals surface area contributed by atoms with Crippen molar-refractivity contribution in [2.24, 2.45) is 7.05 Å². The number of hydrogen-bond acceptors (Lipinski definition) is 3. The van der Waals surface area contributed by atoms with E-state index >= 15 is 0 Å². The fourth-order valence-electron chi connectivity index (χ4n) is 3.54. The summed E-state index contributed by atoms with van der Waals surface area (Å²) in [5.74, 6) is -3.13. The van der Waals surface area contributed by atoms with Gasteiger partial charge in [-0.25, -0.2) is 8.78 Å². The van der Waals surface area contributed by atoms with Crippen molar-refractivity contribution >= 4 is 22.6 Å². The highest BCUT2D eigenvalue weighted by molar-refractivity contribution is 5.96. The number of aromatic nitrogens is 3. The van der Waals surface area contributed by atoms with Gasteiger partial charge in [0, 0.05) is 30.4 Å². The van der Waals surface area contributed by atoms with Crippen molar-refractivity contribution in [2.75, 3.05) is 5.32 Å². The molecule has 2 aromatic heterocycles. The van der Waals surface area contributed by atoms with E-state index in [9.17, 15) is 31.5 Å². The zero-order valence-electron chi connectivity index (χ0n) is 17.0. The number of nitrogens with one attached hydrogen (secondary N) is 1. The molecule has 1 amide bonds. The van der Waals surface area contributed by atoms with Crippen LogP contribution in [0.25, 0.3) is 22.3 Å². The highest BCUT2D eigenvalue weighted by atomic mass is 19.4. The Morgan fingerprint density at radius 2 is 1.73 bits per heavy atom. The molecular formula is C22H15F5N4O2. The molecule has 0 aliphatic carbocycles. The number of hydrogen-bond donors (Lipinski definition) is 1. The van der Waals surface area contributed by atoms with Gasteiger partial charge < -0.3 is 5.32 Å². The number of anilines is 1. The number of pyridine rings is 1. The minimum atomic E-state index is -4.85. The summed E-state index contributed by atoms with van der Waals surface area (Å²) in [7, 11) is 1.36. The lowest BCUT2D eigenvalue weighted by molar-refractivity contribution is -0.136. The van der Waals surface area contributed by atoms with Gasteiger partial charge in [0.1, 0.15) is 17.9 Å². The smallest absolute Gasteiger partial charge is 0.324 e. The number of amides is 1. The van der Waals surface area contributed by atoms with Crippen LogP contribution >= 0.6 is 0 Å². The second-order valence-electron chi connectivity index (χ2n) is 7.19. The average Bonchev–Trinajstić information content (AvgIpc) is 3.09. The van der Waals surface area contributed by atoms with Crippen molar-refractivity contribution in [3.05, 3.63) is 82.1 Å². The van der Waals surface area contributed by atoms with E-state index in [0.717, 1.165) is 27.4 Å². The highest BCUT2D eigenvalue weighted by Gasteiger charge is 2.37. The molecule has 0 radical (unpaired) electrons. The Kier molecular flexibility index (Phi) is 5.48. The first kappa shape index (κ1) is 22.2. The Labute approximate surface area is 182 Å². The average molecular weight is 462 g/mol. The minimum Gasteiger partial charge on any atom is -0.324 e. The molecule has 1 N–H and O–H groups in total. The van der Waals surface area contributed by atoms with Crippen LogP contribution in [0.4, 0.5) is 27.6 Å². The van der Waals surface area contributed by atoms with E-state index in [1.165, 1.54) is 7.05 Å². The monoisotopic (exact) mass is 462 g/mol. The third kappa shape index (κ3) is 4.21. The molecule has 0 atom stereocenters. The van der Waals surface area contributed by atoms with Crippen LogP contribution in [-0.2, 0) is 24.6 Å². The molecule has 33 heavy (non-hydrogen) atoms. The van der Waals surface area contributed by atoms with E-state index in [-0.39, 0.29) is 22.4 Å². The Bertz CT molecular complexity index is 1420. The van der Waals surface area contributed by atoms with Gasteiger partial charge in [-0.1, -0.05) is 30.3 Å². The maximum Gasteiger partial charge on any atom is 0.417 e. The van der Waals surface area contributed by atoms with Crippen molar-refractivity contribution in [1.82, 2.24) is 14.3 Å². The summed E-state index contributed by atoms with van der Waals surface area (Å²) in [6.07, 6.45) is -4.85. The SMILES string of the molecule is Cn1nc(-c2ccccc2)c2c(C(F)(F)F)cc(=O)n(CC(=O)Nc3ccc(F)c(F)c3)c21. The second kappa shape index (κ2) is 8.15. The summed E-state index contributed by atoms with van der Waals surface area (Å²) in [6.45, 7) is -0.680. The maximum atomic E-state index is 13.8.